The van der Waals surface area contributed by atoms with Crippen molar-refractivity contribution in [2.24, 2.45) is 5.92 Å². The molecule has 0 atom stereocenters. The quantitative estimate of drug-likeness (QED) is 0.579. The SMILES string of the molecule is CCc1cnc(-c2nc3n(c(=O)c2OCc2ccccc2)CC2CCC3(NC(=O)OC)CC2)[nH]1. The Balaban J connectivity index is 1.66. The Morgan fingerprint density at radius 3 is 2.71 bits per heavy atom. The van der Waals surface area contributed by atoms with Crippen molar-refractivity contribution < 1.29 is 14.3 Å². The van der Waals surface area contributed by atoms with Crippen LogP contribution >= 0.6 is 0 Å². The molecule has 3 aliphatic rings. The van der Waals surface area contributed by atoms with E-state index < -0.39 is 11.6 Å². The van der Waals surface area contributed by atoms with E-state index in [0.717, 1.165) is 30.5 Å². The molecule has 9 nitrogen and oxygen atoms in total. The van der Waals surface area contributed by atoms with Gasteiger partial charge in [0.1, 0.15) is 18.0 Å². The molecule has 2 bridgehead atoms. The van der Waals surface area contributed by atoms with Gasteiger partial charge in [-0.25, -0.2) is 14.8 Å². The van der Waals surface area contributed by atoms with Crippen LogP contribution in [0.4, 0.5) is 4.79 Å². The van der Waals surface area contributed by atoms with Gasteiger partial charge in [0.05, 0.1) is 7.11 Å². The first-order chi connectivity index (χ1) is 16.5. The van der Waals surface area contributed by atoms with Crippen molar-refractivity contribution >= 4 is 6.09 Å². The van der Waals surface area contributed by atoms with E-state index in [4.69, 9.17) is 14.5 Å². The number of carbonyl (C=O) groups excluding carboxylic acids is 1. The number of benzene rings is 1. The summed E-state index contributed by atoms with van der Waals surface area (Å²) in [5.41, 5.74) is 1.22. The highest BCUT2D eigenvalue weighted by molar-refractivity contribution is 5.68. The number of nitrogens with zero attached hydrogens (tertiary/aromatic N) is 3. The summed E-state index contributed by atoms with van der Waals surface area (Å²) in [4.78, 5) is 38.9. The summed E-state index contributed by atoms with van der Waals surface area (Å²) >= 11 is 0. The Hall–Kier alpha value is -3.62. The first-order valence-corrected chi connectivity index (χ1v) is 11.8. The zero-order valence-electron chi connectivity index (χ0n) is 19.5. The van der Waals surface area contributed by atoms with E-state index in [0.29, 0.717) is 42.6 Å². The number of nitrogens with one attached hydrogen (secondary N) is 2. The maximum absolute atomic E-state index is 13.9. The van der Waals surface area contributed by atoms with Gasteiger partial charge in [0.15, 0.2) is 11.5 Å². The lowest BCUT2D eigenvalue weighted by atomic mass is 9.77. The lowest BCUT2D eigenvalue weighted by Gasteiger charge is -2.36. The summed E-state index contributed by atoms with van der Waals surface area (Å²) in [6.45, 7) is 2.81. The molecule has 1 aromatic carbocycles. The molecule has 0 saturated heterocycles. The molecule has 9 heteroatoms. The number of ether oxygens (including phenoxy) is 2. The smallest absolute Gasteiger partial charge is 0.407 e. The number of rotatable bonds is 6. The number of hydrogen-bond donors (Lipinski definition) is 2. The Kier molecular flexibility index (Phi) is 5.85. The van der Waals surface area contributed by atoms with Gasteiger partial charge in [-0.05, 0) is 43.6 Å². The molecule has 6 rings (SSSR count). The van der Waals surface area contributed by atoms with Crippen molar-refractivity contribution in [2.75, 3.05) is 7.11 Å². The fourth-order valence-corrected chi connectivity index (χ4v) is 5.01. The zero-order chi connectivity index (χ0) is 23.7. The summed E-state index contributed by atoms with van der Waals surface area (Å²) in [5.74, 6) is 1.53. The number of carbonyl (C=O) groups is 1. The molecule has 3 aromatic rings. The Labute approximate surface area is 197 Å². The second-order valence-electron chi connectivity index (χ2n) is 9.06. The van der Waals surface area contributed by atoms with Crippen LogP contribution in [0.3, 0.4) is 0 Å². The van der Waals surface area contributed by atoms with Gasteiger partial charge in [-0.15, -0.1) is 0 Å². The molecule has 0 spiro atoms. The third kappa shape index (κ3) is 3.95. The highest BCUT2D eigenvalue weighted by Crippen LogP contribution is 2.43. The van der Waals surface area contributed by atoms with E-state index in [1.807, 2.05) is 37.3 Å². The van der Waals surface area contributed by atoms with Crippen LogP contribution in [0.15, 0.2) is 41.3 Å². The second-order valence-corrected chi connectivity index (χ2v) is 9.06. The van der Waals surface area contributed by atoms with Crippen LogP contribution in [-0.4, -0.2) is 32.7 Å². The number of aryl methyl sites for hydroxylation is 1. The Morgan fingerprint density at radius 2 is 2.03 bits per heavy atom. The van der Waals surface area contributed by atoms with Crippen molar-refractivity contribution in [1.82, 2.24) is 24.8 Å². The number of alkyl carbamates (subject to hydrolysis) is 1. The van der Waals surface area contributed by atoms with Gasteiger partial charge < -0.3 is 19.8 Å². The topological polar surface area (TPSA) is 111 Å². The van der Waals surface area contributed by atoms with Crippen LogP contribution in [0.2, 0.25) is 0 Å². The third-order valence-corrected chi connectivity index (χ3v) is 6.94. The fraction of sp³-hybridized carbons (Fsp3) is 0.440. The van der Waals surface area contributed by atoms with Crippen LogP contribution in [0.25, 0.3) is 11.5 Å². The normalized spacial score (nSPS) is 20.9. The van der Waals surface area contributed by atoms with E-state index in [9.17, 15) is 9.59 Å². The van der Waals surface area contributed by atoms with Crippen molar-refractivity contribution in [3.05, 3.63) is 64.0 Å². The maximum Gasteiger partial charge on any atom is 0.407 e. The van der Waals surface area contributed by atoms with Crippen LogP contribution in [0.5, 0.6) is 5.75 Å². The number of amides is 1. The fourth-order valence-electron chi connectivity index (χ4n) is 5.01. The van der Waals surface area contributed by atoms with Gasteiger partial charge in [-0.3, -0.25) is 9.36 Å². The number of fused-ring (bicyclic) bond motifs is 2. The molecule has 0 radical (unpaired) electrons. The van der Waals surface area contributed by atoms with E-state index in [2.05, 4.69) is 15.3 Å². The molecule has 34 heavy (non-hydrogen) atoms. The van der Waals surface area contributed by atoms with E-state index in [1.165, 1.54) is 7.11 Å². The van der Waals surface area contributed by atoms with Crippen molar-refractivity contribution in [3.63, 3.8) is 0 Å². The first-order valence-electron chi connectivity index (χ1n) is 11.8. The molecule has 178 valence electrons. The summed E-state index contributed by atoms with van der Waals surface area (Å²) < 4.78 is 12.7. The molecule has 2 N–H and O–H groups in total. The lowest BCUT2D eigenvalue weighted by Crippen LogP contribution is -2.49. The van der Waals surface area contributed by atoms with Crippen LogP contribution in [0, 0.1) is 5.92 Å². The van der Waals surface area contributed by atoms with Gasteiger partial charge in [0.25, 0.3) is 5.56 Å². The summed E-state index contributed by atoms with van der Waals surface area (Å²) in [7, 11) is 1.34. The zero-order valence-corrected chi connectivity index (χ0v) is 19.5. The predicted octanol–water partition coefficient (Wildman–Crippen LogP) is 3.53. The Morgan fingerprint density at radius 1 is 1.26 bits per heavy atom. The predicted molar refractivity (Wildman–Crippen MR) is 125 cm³/mol. The number of hydrogen-bond acceptors (Lipinski definition) is 6. The van der Waals surface area contributed by atoms with Crippen LogP contribution in [-0.2, 0) is 29.8 Å². The highest BCUT2D eigenvalue weighted by atomic mass is 16.5. The minimum Gasteiger partial charge on any atom is -0.481 e. The number of imidazole rings is 1. The second kappa shape index (κ2) is 8.96. The molecule has 1 saturated carbocycles. The van der Waals surface area contributed by atoms with E-state index in [-0.39, 0.29) is 17.9 Å². The summed E-state index contributed by atoms with van der Waals surface area (Å²) in [5, 5.41) is 3.01. The Bertz CT molecular complexity index is 1240. The molecular weight excluding hydrogens is 434 g/mol. The number of H-pyrrole nitrogens is 1. The molecule has 4 heterocycles. The minimum absolute atomic E-state index is 0.166. The summed E-state index contributed by atoms with van der Waals surface area (Å²) in [6.07, 6.45) is 5.16. The van der Waals surface area contributed by atoms with E-state index >= 15 is 0 Å². The van der Waals surface area contributed by atoms with Gasteiger partial charge in [0, 0.05) is 18.4 Å². The highest BCUT2D eigenvalue weighted by Gasteiger charge is 2.46. The molecular formula is C25H29N5O4. The molecule has 0 unspecified atom stereocenters. The standard InChI is InChI=1S/C25H29N5O4/c1-3-18-13-26-21(27-18)19-20(34-15-17-7-5-4-6-8-17)22(31)30-14-16-9-11-25(12-10-16,23(30)28-19)29-24(32)33-2/h4-8,13,16H,3,9-12,14-15H2,1-2H3,(H,26,27)(H,29,32). The molecule has 1 aliphatic carbocycles. The molecule has 2 aromatic heterocycles. The van der Waals surface area contributed by atoms with Crippen molar-refractivity contribution in [2.45, 2.75) is 57.7 Å². The summed E-state index contributed by atoms with van der Waals surface area (Å²) in [6, 6.07) is 9.70. The van der Waals surface area contributed by atoms with Gasteiger partial charge in [-0.1, -0.05) is 37.3 Å². The third-order valence-electron chi connectivity index (χ3n) is 6.94. The first kappa shape index (κ1) is 22.2. The number of aromatic amines is 1. The largest absolute Gasteiger partial charge is 0.481 e. The van der Waals surface area contributed by atoms with Crippen LogP contribution < -0.4 is 15.6 Å². The molecule has 2 aliphatic heterocycles. The van der Waals surface area contributed by atoms with Crippen LogP contribution in [0.1, 0.15) is 49.7 Å². The van der Waals surface area contributed by atoms with Crippen molar-refractivity contribution in [3.8, 4) is 17.3 Å². The van der Waals surface area contributed by atoms with Gasteiger partial charge in [-0.2, -0.15) is 0 Å². The average molecular weight is 464 g/mol. The van der Waals surface area contributed by atoms with Gasteiger partial charge >= 0.3 is 6.09 Å². The number of methoxy groups -OCH3 is 1. The average Bonchev–Trinajstić information content (AvgIpc) is 3.23. The monoisotopic (exact) mass is 463 g/mol. The van der Waals surface area contributed by atoms with E-state index in [1.54, 1.807) is 10.8 Å². The maximum atomic E-state index is 13.9. The minimum atomic E-state index is -0.772. The molecule has 1 fully saturated rings. The van der Waals surface area contributed by atoms with Gasteiger partial charge in [0.2, 0.25) is 5.75 Å². The molecule has 1 amide bonds. The number of aromatic nitrogens is 4. The van der Waals surface area contributed by atoms with Crippen molar-refractivity contribution in [1.29, 1.82) is 0 Å². The lowest BCUT2D eigenvalue weighted by molar-refractivity contribution is 0.136.